The van der Waals surface area contributed by atoms with Crippen LogP contribution in [0, 0.1) is 0 Å². The van der Waals surface area contributed by atoms with Gasteiger partial charge in [0.25, 0.3) is 0 Å². The van der Waals surface area contributed by atoms with Gasteiger partial charge < -0.3 is 24.1 Å². The Kier molecular flexibility index (Phi) is 44.2. The first-order valence-electron chi connectivity index (χ1n) is 23.2. The minimum absolute atomic E-state index is 0.0231. The molecule has 53 heavy (non-hydrogen) atoms. The smallest absolute Gasteiger partial charge is 0.306 e. The Hall–Kier alpha value is -1.18. The van der Waals surface area contributed by atoms with Gasteiger partial charge in [-0.3, -0.25) is 9.59 Å². The lowest BCUT2D eigenvalue weighted by atomic mass is 10.0. The van der Waals surface area contributed by atoms with Crippen LogP contribution in [-0.4, -0.2) is 62.8 Å². The number of aliphatic hydroxyl groups is 1. The van der Waals surface area contributed by atoms with Crippen molar-refractivity contribution in [2.24, 2.45) is 0 Å². The lowest BCUT2D eigenvalue weighted by Gasteiger charge is -2.18. The van der Waals surface area contributed by atoms with Gasteiger partial charge in [0.2, 0.25) is 0 Å². The number of unbranched alkanes of at least 4 members (excludes halogenated alkanes) is 30. The molecule has 0 radical (unpaired) electrons. The third kappa shape index (κ3) is 43.4. The van der Waals surface area contributed by atoms with Crippen molar-refractivity contribution in [2.45, 2.75) is 245 Å². The molecular weight excluding hydrogens is 664 g/mol. The molecule has 0 aromatic heterocycles. The van der Waals surface area contributed by atoms with Crippen LogP contribution in [0.15, 0.2) is 0 Å². The first-order chi connectivity index (χ1) is 26.1. The molecule has 316 valence electrons. The van der Waals surface area contributed by atoms with E-state index in [0.29, 0.717) is 26.2 Å². The Morgan fingerprint density at radius 1 is 0.396 bits per heavy atom. The van der Waals surface area contributed by atoms with Crippen LogP contribution in [0.5, 0.6) is 0 Å². The van der Waals surface area contributed by atoms with Crippen molar-refractivity contribution in [1.82, 2.24) is 0 Å². The monoisotopic (exact) mass is 755 g/mol. The number of hydrogen-bond acceptors (Lipinski definition) is 7. The Balaban J connectivity index is 4.01. The summed E-state index contributed by atoms with van der Waals surface area (Å²) in [7, 11) is 0. The molecule has 0 aliphatic rings. The highest BCUT2D eigenvalue weighted by Gasteiger charge is 2.15. The summed E-state index contributed by atoms with van der Waals surface area (Å²) in [5.74, 6) is -0.883. The van der Waals surface area contributed by atoms with E-state index in [1.54, 1.807) is 0 Å². The minimum atomic E-state index is -0.450. The quantitative estimate of drug-likeness (QED) is 0.0489. The van der Waals surface area contributed by atoms with Crippen LogP contribution < -0.4 is 0 Å². The maximum atomic E-state index is 12.3. The number of carbonyl (C=O) groups is 2. The number of carbonyl (C=O) groups excluding carboxylic acids is 2. The second-order valence-electron chi connectivity index (χ2n) is 15.7. The first kappa shape index (κ1) is 51.8. The molecule has 0 aromatic rings. The molecule has 0 heterocycles. The van der Waals surface area contributed by atoms with E-state index in [4.69, 9.17) is 24.1 Å². The second-order valence-corrected chi connectivity index (χ2v) is 15.7. The zero-order chi connectivity index (χ0) is 38.6. The third-order valence-corrected chi connectivity index (χ3v) is 10.3. The predicted octanol–water partition coefficient (Wildman–Crippen LogP) is 13.2. The molecule has 0 spiro atoms. The van der Waals surface area contributed by atoms with Gasteiger partial charge in [-0.25, -0.2) is 0 Å². The van der Waals surface area contributed by atoms with E-state index in [-0.39, 0.29) is 38.8 Å². The number of rotatable bonds is 45. The standard InChI is InChI=1S/C46H90O7/c1-3-5-7-9-11-13-15-17-19-21-23-25-27-29-31-33-39-50-42-44(43-53-46(49)37-36-45(48)52-41-35-38-47)51-40-34-32-30-28-26-24-22-20-18-16-14-12-10-8-6-4-2/h44,47H,3-43H2,1-2H3/t44-/m1/s1. The number of ether oxygens (including phenoxy) is 4. The van der Waals surface area contributed by atoms with Crippen LogP contribution in [0.2, 0.25) is 0 Å². The van der Waals surface area contributed by atoms with Crippen LogP contribution in [0.25, 0.3) is 0 Å². The molecule has 0 amide bonds. The molecule has 7 heteroatoms. The number of aliphatic hydroxyl groups excluding tert-OH is 1. The highest BCUT2D eigenvalue weighted by atomic mass is 16.6. The van der Waals surface area contributed by atoms with Crippen molar-refractivity contribution in [3.63, 3.8) is 0 Å². The van der Waals surface area contributed by atoms with Crippen molar-refractivity contribution in [2.75, 3.05) is 39.6 Å². The fourth-order valence-electron chi connectivity index (χ4n) is 6.80. The predicted molar refractivity (Wildman–Crippen MR) is 223 cm³/mol. The maximum Gasteiger partial charge on any atom is 0.306 e. The van der Waals surface area contributed by atoms with Crippen molar-refractivity contribution in [3.05, 3.63) is 0 Å². The number of esters is 2. The van der Waals surface area contributed by atoms with E-state index in [1.807, 2.05) is 0 Å². The van der Waals surface area contributed by atoms with Crippen molar-refractivity contribution in [3.8, 4) is 0 Å². The van der Waals surface area contributed by atoms with E-state index in [0.717, 1.165) is 19.3 Å². The molecule has 0 aliphatic heterocycles. The van der Waals surface area contributed by atoms with Gasteiger partial charge in [-0.05, 0) is 12.8 Å². The molecule has 7 nitrogen and oxygen atoms in total. The van der Waals surface area contributed by atoms with Crippen molar-refractivity contribution in [1.29, 1.82) is 0 Å². The Morgan fingerprint density at radius 3 is 1.11 bits per heavy atom. The fraction of sp³-hybridized carbons (Fsp3) is 0.957. The summed E-state index contributed by atoms with van der Waals surface area (Å²) in [6, 6.07) is 0. The molecule has 0 saturated heterocycles. The molecule has 0 aliphatic carbocycles. The van der Waals surface area contributed by atoms with Gasteiger partial charge in [-0.1, -0.05) is 206 Å². The van der Waals surface area contributed by atoms with E-state index >= 15 is 0 Å². The van der Waals surface area contributed by atoms with Crippen LogP contribution >= 0.6 is 0 Å². The molecule has 1 atom stereocenters. The molecular formula is C46H90O7. The second kappa shape index (κ2) is 45.2. The molecule has 0 saturated carbocycles. The molecule has 0 unspecified atom stereocenters. The highest BCUT2D eigenvalue weighted by Crippen LogP contribution is 2.16. The molecule has 1 N–H and O–H groups in total. The Labute approximate surface area is 329 Å². The van der Waals surface area contributed by atoms with Gasteiger partial charge in [0.15, 0.2) is 0 Å². The van der Waals surface area contributed by atoms with E-state index in [2.05, 4.69) is 13.8 Å². The number of hydrogen-bond donors (Lipinski definition) is 1. The fourth-order valence-corrected chi connectivity index (χ4v) is 6.80. The van der Waals surface area contributed by atoms with Gasteiger partial charge in [0.1, 0.15) is 12.7 Å². The summed E-state index contributed by atoms with van der Waals surface area (Å²) in [6.07, 6.45) is 43.0. The van der Waals surface area contributed by atoms with Crippen LogP contribution in [0.1, 0.15) is 239 Å². The molecule has 0 aromatic carbocycles. The lowest BCUT2D eigenvalue weighted by Crippen LogP contribution is -2.28. The minimum Gasteiger partial charge on any atom is -0.466 e. The average molecular weight is 755 g/mol. The van der Waals surface area contributed by atoms with E-state index in [9.17, 15) is 9.59 Å². The lowest BCUT2D eigenvalue weighted by molar-refractivity contribution is -0.154. The topological polar surface area (TPSA) is 91.3 Å². The third-order valence-electron chi connectivity index (χ3n) is 10.3. The maximum absolute atomic E-state index is 12.3. The summed E-state index contributed by atoms with van der Waals surface area (Å²) in [5, 5.41) is 8.82. The van der Waals surface area contributed by atoms with Crippen LogP contribution in [0.4, 0.5) is 0 Å². The zero-order valence-electron chi connectivity index (χ0n) is 35.5. The highest BCUT2D eigenvalue weighted by molar-refractivity contribution is 5.77. The molecule has 0 fully saturated rings. The van der Waals surface area contributed by atoms with Crippen LogP contribution in [-0.2, 0) is 28.5 Å². The van der Waals surface area contributed by atoms with Gasteiger partial charge in [-0.15, -0.1) is 0 Å². The SMILES string of the molecule is CCCCCCCCCCCCCCCCCCOC[C@H](COC(=O)CCC(=O)OCCCO)OCCCCCCCCCCCCCCCCCC. The summed E-state index contributed by atoms with van der Waals surface area (Å²) < 4.78 is 22.5. The molecule has 0 bridgehead atoms. The van der Waals surface area contributed by atoms with Gasteiger partial charge in [-0.2, -0.15) is 0 Å². The largest absolute Gasteiger partial charge is 0.466 e. The summed E-state index contributed by atoms with van der Waals surface area (Å²) in [5.41, 5.74) is 0. The Morgan fingerprint density at radius 2 is 0.736 bits per heavy atom. The van der Waals surface area contributed by atoms with Gasteiger partial charge in [0.05, 0.1) is 26.1 Å². The van der Waals surface area contributed by atoms with E-state index in [1.165, 1.54) is 186 Å². The Bertz CT molecular complexity index is 731. The van der Waals surface area contributed by atoms with Gasteiger partial charge >= 0.3 is 11.9 Å². The summed E-state index contributed by atoms with van der Waals surface area (Å²) in [4.78, 5) is 24.1. The van der Waals surface area contributed by atoms with Crippen LogP contribution in [0.3, 0.4) is 0 Å². The normalized spacial score (nSPS) is 12.0. The van der Waals surface area contributed by atoms with Crippen molar-refractivity contribution < 1.29 is 33.6 Å². The first-order valence-corrected chi connectivity index (χ1v) is 23.2. The van der Waals surface area contributed by atoms with Crippen molar-refractivity contribution >= 4 is 11.9 Å². The molecule has 0 rings (SSSR count). The summed E-state index contributed by atoms with van der Waals surface area (Å²) >= 11 is 0. The average Bonchev–Trinajstić information content (AvgIpc) is 3.16. The summed E-state index contributed by atoms with van der Waals surface area (Å²) in [6.45, 7) is 6.58. The van der Waals surface area contributed by atoms with E-state index < -0.39 is 11.9 Å². The van der Waals surface area contributed by atoms with Gasteiger partial charge in [0, 0.05) is 26.2 Å². The zero-order valence-corrected chi connectivity index (χ0v) is 35.5.